The lowest BCUT2D eigenvalue weighted by Crippen LogP contribution is -2.34. The minimum Gasteiger partial charge on any atom is -0.314 e. The van der Waals surface area contributed by atoms with Crippen LogP contribution in [0.4, 0.5) is 5.69 Å². The molecule has 21 heavy (non-hydrogen) atoms. The minimum absolute atomic E-state index is 0.358. The van der Waals surface area contributed by atoms with Crippen molar-refractivity contribution in [3.05, 3.63) is 27.7 Å². The van der Waals surface area contributed by atoms with Gasteiger partial charge >= 0.3 is 10.2 Å². The molecule has 0 bridgehead atoms. The first kappa shape index (κ1) is 17.0. The van der Waals surface area contributed by atoms with Crippen LogP contribution in [-0.4, -0.2) is 38.9 Å². The first-order chi connectivity index (χ1) is 9.88. The average molecular weight is 397 g/mol. The van der Waals surface area contributed by atoms with Gasteiger partial charge in [-0.1, -0.05) is 27.5 Å². The van der Waals surface area contributed by atoms with E-state index in [0.29, 0.717) is 23.3 Å². The van der Waals surface area contributed by atoms with Gasteiger partial charge in [0.2, 0.25) is 0 Å². The zero-order valence-electron chi connectivity index (χ0n) is 11.8. The lowest BCUT2D eigenvalue weighted by atomic mass is 10.3. The zero-order chi connectivity index (χ0) is 15.5. The Labute approximate surface area is 139 Å². The third-order valence-electron chi connectivity index (χ3n) is 3.24. The van der Waals surface area contributed by atoms with Crippen LogP contribution < -0.4 is 10.0 Å². The maximum atomic E-state index is 12.2. The first-order valence-corrected chi connectivity index (χ1v) is 9.42. The van der Waals surface area contributed by atoms with E-state index in [0.717, 1.165) is 17.4 Å². The summed E-state index contributed by atoms with van der Waals surface area (Å²) < 4.78 is 29.0. The second-order valence-electron chi connectivity index (χ2n) is 5.13. The fourth-order valence-corrected chi connectivity index (χ4v) is 3.56. The van der Waals surface area contributed by atoms with Crippen molar-refractivity contribution < 1.29 is 8.42 Å². The molecule has 1 aromatic rings. The fraction of sp³-hybridized carbons (Fsp3) is 0.538. The summed E-state index contributed by atoms with van der Waals surface area (Å²) in [6.07, 6.45) is 3.25. The van der Waals surface area contributed by atoms with Crippen molar-refractivity contribution >= 4 is 43.4 Å². The summed E-state index contributed by atoms with van der Waals surface area (Å²) in [5.41, 5.74) is 0.378. The monoisotopic (exact) mass is 395 g/mol. The van der Waals surface area contributed by atoms with Crippen LogP contribution in [0.1, 0.15) is 19.3 Å². The molecule has 1 aromatic carbocycles. The molecule has 0 radical (unpaired) electrons. The highest BCUT2D eigenvalue weighted by molar-refractivity contribution is 9.10. The van der Waals surface area contributed by atoms with Crippen LogP contribution >= 0.6 is 27.5 Å². The maximum Gasteiger partial charge on any atom is 0.301 e. The molecule has 2 N–H and O–H groups in total. The van der Waals surface area contributed by atoms with Crippen LogP contribution in [0, 0.1) is 0 Å². The molecule has 0 saturated heterocycles. The molecule has 0 heterocycles. The molecule has 0 amide bonds. The number of hydrogen-bond acceptors (Lipinski definition) is 3. The summed E-state index contributed by atoms with van der Waals surface area (Å²) in [6, 6.07) is 5.67. The van der Waals surface area contributed by atoms with Crippen LogP contribution in [0.2, 0.25) is 5.02 Å². The predicted molar refractivity (Wildman–Crippen MR) is 90.0 cm³/mol. The molecule has 5 nitrogen and oxygen atoms in total. The van der Waals surface area contributed by atoms with Gasteiger partial charge in [-0.3, -0.25) is 4.72 Å². The normalized spacial score (nSPS) is 15.4. The standard InChI is InChI=1S/C13H19BrClN3O2S/c1-18(8-2-7-16-11-4-5-11)21(19,20)17-13-6-3-10(14)9-12(13)15/h3,6,9,11,16-17H,2,4-5,7-8H2,1H3. The lowest BCUT2D eigenvalue weighted by molar-refractivity contribution is 0.458. The van der Waals surface area contributed by atoms with E-state index in [-0.39, 0.29) is 0 Å². The maximum absolute atomic E-state index is 12.2. The summed E-state index contributed by atoms with van der Waals surface area (Å²) in [7, 11) is -2.02. The van der Waals surface area contributed by atoms with Gasteiger partial charge in [0.1, 0.15) is 0 Å². The van der Waals surface area contributed by atoms with Crippen molar-refractivity contribution in [1.29, 1.82) is 0 Å². The van der Waals surface area contributed by atoms with Crippen molar-refractivity contribution in [2.45, 2.75) is 25.3 Å². The predicted octanol–water partition coefficient (Wildman–Crippen LogP) is 2.83. The van der Waals surface area contributed by atoms with Crippen molar-refractivity contribution in [1.82, 2.24) is 9.62 Å². The van der Waals surface area contributed by atoms with E-state index in [2.05, 4.69) is 26.0 Å². The van der Waals surface area contributed by atoms with E-state index in [1.165, 1.54) is 17.1 Å². The summed E-state index contributed by atoms with van der Waals surface area (Å²) in [5, 5.41) is 3.72. The van der Waals surface area contributed by atoms with Crippen LogP contribution in [0.25, 0.3) is 0 Å². The average Bonchev–Trinajstić information content (AvgIpc) is 3.22. The van der Waals surface area contributed by atoms with Gasteiger partial charge in [-0.2, -0.15) is 12.7 Å². The third-order valence-corrected chi connectivity index (χ3v) is 5.53. The van der Waals surface area contributed by atoms with E-state index < -0.39 is 10.2 Å². The van der Waals surface area contributed by atoms with E-state index in [1.54, 1.807) is 25.2 Å². The van der Waals surface area contributed by atoms with Gasteiger partial charge in [0.15, 0.2) is 0 Å². The number of benzene rings is 1. The van der Waals surface area contributed by atoms with Crippen LogP contribution in [0.15, 0.2) is 22.7 Å². The van der Waals surface area contributed by atoms with Gasteiger partial charge in [-0.15, -0.1) is 0 Å². The Morgan fingerprint density at radius 2 is 2.14 bits per heavy atom. The van der Waals surface area contributed by atoms with Gasteiger partial charge < -0.3 is 5.32 Å². The molecule has 0 unspecified atom stereocenters. The van der Waals surface area contributed by atoms with E-state index in [1.807, 2.05) is 0 Å². The molecular formula is C13H19BrClN3O2S. The van der Waals surface area contributed by atoms with Gasteiger partial charge in [0, 0.05) is 24.1 Å². The van der Waals surface area contributed by atoms with Crippen LogP contribution in [0.5, 0.6) is 0 Å². The SMILES string of the molecule is CN(CCCNC1CC1)S(=O)(=O)Nc1ccc(Br)cc1Cl. The fourth-order valence-electron chi connectivity index (χ4n) is 1.80. The lowest BCUT2D eigenvalue weighted by Gasteiger charge is -2.19. The van der Waals surface area contributed by atoms with Crippen LogP contribution in [-0.2, 0) is 10.2 Å². The van der Waals surface area contributed by atoms with E-state index in [9.17, 15) is 8.42 Å². The molecular weight excluding hydrogens is 378 g/mol. The number of halogens is 2. The minimum atomic E-state index is -3.58. The number of hydrogen-bond donors (Lipinski definition) is 2. The summed E-state index contributed by atoms with van der Waals surface area (Å²) in [6.45, 7) is 1.30. The van der Waals surface area contributed by atoms with E-state index >= 15 is 0 Å². The third kappa shape index (κ3) is 5.41. The van der Waals surface area contributed by atoms with Crippen molar-refractivity contribution in [2.24, 2.45) is 0 Å². The number of nitrogens with zero attached hydrogens (tertiary/aromatic N) is 1. The molecule has 0 aliphatic heterocycles. The molecule has 8 heteroatoms. The molecule has 118 valence electrons. The first-order valence-electron chi connectivity index (χ1n) is 6.81. The second-order valence-corrected chi connectivity index (χ2v) is 8.24. The largest absolute Gasteiger partial charge is 0.314 e. The highest BCUT2D eigenvalue weighted by Gasteiger charge is 2.21. The molecule has 0 atom stereocenters. The molecule has 1 aliphatic carbocycles. The Morgan fingerprint density at radius 3 is 2.76 bits per heavy atom. The summed E-state index contributed by atoms with van der Waals surface area (Å²) >= 11 is 9.31. The molecule has 1 saturated carbocycles. The Hall–Kier alpha value is -0.340. The van der Waals surface area contributed by atoms with Crippen molar-refractivity contribution in [3.63, 3.8) is 0 Å². The van der Waals surface area contributed by atoms with Gasteiger partial charge in [0.05, 0.1) is 10.7 Å². The quantitative estimate of drug-likeness (QED) is 0.664. The Morgan fingerprint density at radius 1 is 1.43 bits per heavy atom. The van der Waals surface area contributed by atoms with Gasteiger partial charge in [-0.25, -0.2) is 0 Å². The summed E-state index contributed by atoms with van der Waals surface area (Å²) in [4.78, 5) is 0. The number of anilines is 1. The zero-order valence-corrected chi connectivity index (χ0v) is 14.9. The summed E-state index contributed by atoms with van der Waals surface area (Å²) in [5.74, 6) is 0. The van der Waals surface area contributed by atoms with Gasteiger partial charge in [-0.05, 0) is 44.0 Å². The Bertz CT molecular complexity index is 593. The Kier molecular flexibility index (Phi) is 5.90. The Balaban J connectivity index is 1.86. The smallest absolute Gasteiger partial charge is 0.301 e. The number of nitrogens with one attached hydrogen (secondary N) is 2. The second kappa shape index (κ2) is 7.28. The van der Waals surface area contributed by atoms with E-state index in [4.69, 9.17) is 11.6 Å². The van der Waals surface area contributed by atoms with Crippen molar-refractivity contribution in [3.8, 4) is 0 Å². The van der Waals surface area contributed by atoms with Crippen LogP contribution in [0.3, 0.4) is 0 Å². The molecule has 2 rings (SSSR count). The highest BCUT2D eigenvalue weighted by atomic mass is 79.9. The van der Waals surface area contributed by atoms with Gasteiger partial charge in [0.25, 0.3) is 0 Å². The topological polar surface area (TPSA) is 61.4 Å². The highest BCUT2D eigenvalue weighted by Crippen LogP contribution is 2.26. The molecule has 1 fully saturated rings. The van der Waals surface area contributed by atoms with Crippen molar-refractivity contribution in [2.75, 3.05) is 24.9 Å². The number of rotatable bonds is 8. The molecule has 0 aromatic heterocycles. The molecule has 1 aliphatic rings. The molecule has 0 spiro atoms.